The molecule has 0 aliphatic carbocycles. The summed E-state index contributed by atoms with van der Waals surface area (Å²) < 4.78 is 5.28. The lowest BCUT2D eigenvalue weighted by Crippen LogP contribution is -2.60. The lowest BCUT2D eigenvalue weighted by atomic mass is 9.94. The highest BCUT2D eigenvalue weighted by atomic mass is 16.5. The van der Waals surface area contributed by atoms with E-state index >= 15 is 0 Å². The van der Waals surface area contributed by atoms with Crippen LogP contribution in [0.2, 0.25) is 0 Å². The molecule has 1 heterocycles. The summed E-state index contributed by atoms with van der Waals surface area (Å²) in [6.45, 7) is 6.82. The van der Waals surface area contributed by atoms with Crippen LogP contribution in [0.1, 0.15) is 39.5 Å². The highest BCUT2D eigenvalue weighted by Crippen LogP contribution is 2.19. The fraction of sp³-hybridized carbons (Fsp3) is 1.00. The SMILES string of the molecule is CCOCCCCCCN1C[C@H](O)C(O)[C@@H](O)[C@H]1C. The van der Waals surface area contributed by atoms with Crippen molar-refractivity contribution in [2.75, 3.05) is 26.3 Å². The van der Waals surface area contributed by atoms with Gasteiger partial charge < -0.3 is 20.1 Å². The van der Waals surface area contributed by atoms with E-state index in [-0.39, 0.29) is 6.04 Å². The molecule has 114 valence electrons. The van der Waals surface area contributed by atoms with Gasteiger partial charge in [-0.2, -0.15) is 0 Å². The number of hydrogen-bond acceptors (Lipinski definition) is 5. The molecule has 0 aromatic rings. The summed E-state index contributed by atoms with van der Waals surface area (Å²) in [4.78, 5) is 2.06. The smallest absolute Gasteiger partial charge is 0.108 e. The summed E-state index contributed by atoms with van der Waals surface area (Å²) in [5.41, 5.74) is 0. The summed E-state index contributed by atoms with van der Waals surface area (Å²) in [5, 5.41) is 29.1. The molecular formula is C14H29NO4. The van der Waals surface area contributed by atoms with Crippen LogP contribution >= 0.6 is 0 Å². The van der Waals surface area contributed by atoms with Crippen molar-refractivity contribution in [1.29, 1.82) is 0 Å². The minimum Gasteiger partial charge on any atom is -0.389 e. The molecule has 1 rings (SSSR count). The number of aliphatic hydroxyl groups is 3. The fourth-order valence-corrected chi connectivity index (χ4v) is 2.56. The van der Waals surface area contributed by atoms with E-state index in [1.165, 1.54) is 0 Å². The second-order valence-electron chi connectivity index (χ2n) is 5.40. The van der Waals surface area contributed by atoms with Gasteiger partial charge in [-0.3, -0.25) is 4.90 Å². The Labute approximate surface area is 116 Å². The van der Waals surface area contributed by atoms with Crippen LogP contribution in [0.5, 0.6) is 0 Å². The minimum atomic E-state index is -1.02. The molecule has 0 spiro atoms. The van der Waals surface area contributed by atoms with Crippen molar-refractivity contribution >= 4 is 0 Å². The first-order chi connectivity index (χ1) is 9.07. The van der Waals surface area contributed by atoms with Crippen LogP contribution in [0.25, 0.3) is 0 Å². The zero-order valence-electron chi connectivity index (χ0n) is 12.2. The lowest BCUT2D eigenvalue weighted by molar-refractivity contribution is -0.133. The largest absolute Gasteiger partial charge is 0.389 e. The number of hydrogen-bond donors (Lipinski definition) is 3. The van der Waals surface area contributed by atoms with Gasteiger partial charge in [0.25, 0.3) is 0 Å². The van der Waals surface area contributed by atoms with Crippen molar-refractivity contribution in [2.45, 2.75) is 63.9 Å². The summed E-state index contributed by atoms with van der Waals surface area (Å²) >= 11 is 0. The standard InChI is InChI=1S/C14H29NO4/c1-3-19-9-7-5-4-6-8-15-10-12(16)14(18)13(17)11(15)2/h11-14,16-18H,3-10H2,1-2H3/t11-,12+,13+,14?/m1/s1. The Balaban J connectivity index is 2.15. The maximum Gasteiger partial charge on any atom is 0.108 e. The zero-order chi connectivity index (χ0) is 14.3. The number of nitrogens with zero attached hydrogens (tertiary/aromatic N) is 1. The van der Waals surface area contributed by atoms with Crippen molar-refractivity contribution in [2.24, 2.45) is 0 Å². The maximum atomic E-state index is 9.82. The van der Waals surface area contributed by atoms with Crippen LogP contribution in [-0.2, 0) is 4.74 Å². The first kappa shape index (κ1) is 16.9. The molecule has 1 fully saturated rings. The van der Waals surface area contributed by atoms with Crippen LogP contribution in [0.15, 0.2) is 0 Å². The van der Waals surface area contributed by atoms with Gasteiger partial charge in [0.15, 0.2) is 0 Å². The molecule has 0 amide bonds. The van der Waals surface area contributed by atoms with Crippen LogP contribution < -0.4 is 0 Å². The molecule has 0 saturated carbocycles. The molecule has 5 heteroatoms. The molecule has 1 aliphatic heterocycles. The van der Waals surface area contributed by atoms with Crippen molar-refractivity contribution in [3.05, 3.63) is 0 Å². The molecule has 5 nitrogen and oxygen atoms in total. The number of rotatable bonds is 8. The second kappa shape index (κ2) is 8.87. The number of aliphatic hydroxyl groups excluding tert-OH is 3. The average molecular weight is 275 g/mol. The first-order valence-corrected chi connectivity index (χ1v) is 7.44. The molecule has 0 aromatic heterocycles. The highest BCUT2D eigenvalue weighted by molar-refractivity contribution is 4.91. The third-order valence-electron chi connectivity index (χ3n) is 3.92. The Morgan fingerprint density at radius 2 is 1.74 bits per heavy atom. The van der Waals surface area contributed by atoms with E-state index < -0.39 is 18.3 Å². The molecule has 1 unspecified atom stereocenters. The Morgan fingerprint density at radius 1 is 1.05 bits per heavy atom. The number of unbranched alkanes of at least 4 members (excludes halogenated alkanes) is 3. The van der Waals surface area contributed by atoms with Crippen molar-refractivity contribution < 1.29 is 20.1 Å². The summed E-state index contributed by atoms with van der Waals surface area (Å²) in [6.07, 6.45) is 1.70. The van der Waals surface area contributed by atoms with E-state index in [9.17, 15) is 15.3 Å². The number of ether oxygens (including phenoxy) is 1. The Morgan fingerprint density at radius 3 is 2.42 bits per heavy atom. The Kier molecular flexibility index (Phi) is 7.87. The Bertz CT molecular complexity index is 239. The quantitative estimate of drug-likeness (QED) is 0.558. The number of β-amino-alcohol motifs (C(OH)–C–C–N with tert-alkyl or cyclic N) is 1. The van der Waals surface area contributed by atoms with Crippen LogP contribution in [0, 0.1) is 0 Å². The number of piperidine rings is 1. The van der Waals surface area contributed by atoms with Gasteiger partial charge in [-0.05, 0) is 33.2 Å². The molecule has 1 aliphatic rings. The average Bonchev–Trinajstić information content (AvgIpc) is 2.41. The topological polar surface area (TPSA) is 73.2 Å². The van der Waals surface area contributed by atoms with E-state index in [2.05, 4.69) is 4.90 Å². The van der Waals surface area contributed by atoms with E-state index in [4.69, 9.17) is 4.74 Å². The molecule has 19 heavy (non-hydrogen) atoms. The van der Waals surface area contributed by atoms with Gasteiger partial charge in [0.1, 0.15) is 6.10 Å². The van der Waals surface area contributed by atoms with Gasteiger partial charge in [0.2, 0.25) is 0 Å². The summed E-state index contributed by atoms with van der Waals surface area (Å²) in [6, 6.07) is -0.0955. The monoisotopic (exact) mass is 275 g/mol. The fourth-order valence-electron chi connectivity index (χ4n) is 2.56. The maximum absolute atomic E-state index is 9.82. The second-order valence-corrected chi connectivity index (χ2v) is 5.40. The summed E-state index contributed by atoms with van der Waals surface area (Å²) in [5.74, 6) is 0. The highest BCUT2D eigenvalue weighted by Gasteiger charge is 2.38. The Hall–Kier alpha value is -0.200. The third kappa shape index (κ3) is 5.36. The van der Waals surface area contributed by atoms with Crippen molar-refractivity contribution in [3.63, 3.8) is 0 Å². The van der Waals surface area contributed by atoms with Gasteiger partial charge in [0, 0.05) is 25.8 Å². The number of likely N-dealkylation sites (tertiary alicyclic amines) is 1. The van der Waals surface area contributed by atoms with Gasteiger partial charge in [-0.25, -0.2) is 0 Å². The first-order valence-electron chi connectivity index (χ1n) is 7.44. The van der Waals surface area contributed by atoms with Crippen LogP contribution in [0.4, 0.5) is 0 Å². The predicted octanol–water partition coefficient (Wildman–Crippen LogP) is 0.370. The van der Waals surface area contributed by atoms with Crippen LogP contribution in [-0.4, -0.2) is 70.9 Å². The van der Waals surface area contributed by atoms with Gasteiger partial charge >= 0.3 is 0 Å². The third-order valence-corrected chi connectivity index (χ3v) is 3.92. The zero-order valence-corrected chi connectivity index (χ0v) is 12.2. The van der Waals surface area contributed by atoms with Crippen molar-refractivity contribution in [3.8, 4) is 0 Å². The lowest BCUT2D eigenvalue weighted by Gasteiger charge is -2.42. The van der Waals surface area contributed by atoms with E-state index in [1.54, 1.807) is 0 Å². The predicted molar refractivity (Wildman–Crippen MR) is 74.0 cm³/mol. The van der Waals surface area contributed by atoms with Gasteiger partial charge in [-0.1, -0.05) is 12.8 Å². The molecule has 3 N–H and O–H groups in total. The van der Waals surface area contributed by atoms with Gasteiger partial charge in [-0.15, -0.1) is 0 Å². The van der Waals surface area contributed by atoms with Crippen molar-refractivity contribution in [1.82, 2.24) is 4.90 Å². The normalized spacial score (nSPS) is 32.7. The van der Waals surface area contributed by atoms with Gasteiger partial charge in [0.05, 0.1) is 12.2 Å². The molecular weight excluding hydrogens is 246 g/mol. The minimum absolute atomic E-state index is 0.0955. The molecule has 4 atom stereocenters. The molecule has 0 bridgehead atoms. The molecule has 1 saturated heterocycles. The van der Waals surface area contributed by atoms with E-state index in [0.29, 0.717) is 6.54 Å². The molecule has 0 aromatic carbocycles. The van der Waals surface area contributed by atoms with E-state index in [0.717, 1.165) is 45.4 Å². The van der Waals surface area contributed by atoms with Crippen LogP contribution in [0.3, 0.4) is 0 Å². The summed E-state index contributed by atoms with van der Waals surface area (Å²) in [7, 11) is 0. The van der Waals surface area contributed by atoms with E-state index in [1.807, 2.05) is 13.8 Å². The molecule has 0 radical (unpaired) electrons.